The quantitative estimate of drug-likeness (QED) is 0.817. The van der Waals surface area contributed by atoms with Crippen LogP contribution in [0.15, 0.2) is 17.0 Å². The van der Waals surface area contributed by atoms with Crippen LogP contribution in [0.5, 0.6) is 0 Å². The maximum atomic E-state index is 14.2. The molecule has 1 aromatic carbocycles. The molecule has 1 rings (SSSR count). The van der Waals surface area contributed by atoms with Crippen LogP contribution in [0.2, 0.25) is 5.02 Å². The lowest BCUT2D eigenvalue weighted by Crippen LogP contribution is -2.38. The van der Waals surface area contributed by atoms with Crippen molar-refractivity contribution in [1.82, 2.24) is 4.31 Å². The zero-order valence-corrected chi connectivity index (χ0v) is 14.5. The maximum Gasteiger partial charge on any atom is 0.246 e. The Bertz CT molecular complexity index is 595. The standard InChI is InChI=1S/C13H19ClFNO3S2/c1-4-11(8-20-3)16(2)21(18,19)12-6-10(14)5-9(7-17)13(12)15/h5-6,11,17H,4,7-8H2,1-3H3. The topological polar surface area (TPSA) is 57.6 Å². The molecule has 0 aliphatic heterocycles. The number of sulfonamides is 1. The van der Waals surface area contributed by atoms with E-state index in [1.807, 2.05) is 13.2 Å². The lowest BCUT2D eigenvalue weighted by atomic mass is 10.2. The third kappa shape index (κ3) is 4.10. The van der Waals surface area contributed by atoms with Crippen LogP contribution < -0.4 is 0 Å². The summed E-state index contributed by atoms with van der Waals surface area (Å²) in [5.74, 6) is -0.339. The highest BCUT2D eigenvalue weighted by molar-refractivity contribution is 7.98. The van der Waals surface area contributed by atoms with Gasteiger partial charge in [0.15, 0.2) is 0 Å². The molecule has 0 amide bonds. The van der Waals surface area contributed by atoms with Crippen LogP contribution in [0, 0.1) is 5.82 Å². The molecule has 120 valence electrons. The van der Waals surface area contributed by atoms with Crippen molar-refractivity contribution in [3.63, 3.8) is 0 Å². The lowest BCUT2D eigenvalue weighted by molar-refractivity contribution is 0.274. The zero-order chi connectivity index (χ0) is 16.2. The first-order chi connectivity index (χ1) is 9.79. The van der Waals surface area contributed by atoms with Gasteiger partial charge >= 0.3 is 0 Å². The van der Waals surface area contributed by atoms with Gasteiger partial charge in [-0.15, -0.1) is 0 Å². The molecule has 0 heterocycles. The normalized spacial score (nSPS) is 13.7. The molecule has 0 bridgehead atoms. The van der Waals surface area contributed by atoms with Crippen LogP contribution in [-0.2, 0) is 16.6 Å². The molecule has 0 saturated carbocycles. The van der Waals surface area contributed by atoms with E-state index >= 15 is 0 Å². The molecule has 0 aliphatic rings. The monoisotopic (exact) mass is 355 g/mol. The van der Waals surface area contributed by atoms with Crippen molar-refractivity contribution in [3.8, 4) is 0 Å². The van der Waals surface area contributed by atoms with Gasteiger partial charge in [0.05, 0.1) is 6.61 Å². The summed E-state index contributed by atoms with van der Waals surface area (Å²) in [6.45, 7) is 1.26. The van der Waals surface area contributed by atoms with Crippen LogP contribution in [0.1, 0.15) is 18.9 Å². The molecule has 0 saturated heterocycles. The number of thioether (sulfide) groups is 1. The maximum absolute atomic E-state index is 14.2. The first-order valence-electron chi connectivity index (χ1n) is 6.35. The summed E-state index contributed by atoms with van der Waals surface area (Å²) in [5.41, 5.74) is -0.132. The van der Waals surface area contributed by atoms with Gasteiger partial charge in [-0.05, 0) is 24.8 Å². The number of hydrogen-bond donors (Lipinski definition) is 1. The highest BCUT2D eigenvalue weighted by Gasteiger charge is 2.30. The molecule has 0 spiro atoms. The van der Waals surface area contributed by atoms with E-state index in [0.29, 0.717) is 12.2 Å². The van der Waals surface area contributed by atoms with Crippen LogP contribution in [0.4, 0.5) is 4.39 Å². The van der Waals surface area contributed by atoms with E-state index in [-0.39, 0.29) is 16.6 Å². The fourth-order valence-corrected chi connectivity index (χ4v) is 4.75. The van der Waals surface area contributed by atoms with Gasteiger partial charge in [0.25, 0.3) is 0 Å². The number of benzene rings is 1. The van der Waals surface area contributed by atoms with Gasteiger partial charge in [0, 0.05) is 29.4 Å². The van der Waals surface area contributed by atoms with Crippen molar-refractivity contribution in [3.05, 3.63) is 28.5 Å². The number of halogens is 2. The van der Waals surface area contributed by atoms with E-state index in [1.165, 1.54) is 29.2 Å². The number of aliphatic hydroxyl groups is 1. The summed E-state index contributed by atoms with van der Waals surface area (Å²) in [6.07, 6.45) is 2.50. The van der Waals surface area contributed by atoms with Gasteiger partial charge < -0.3 is 5.11 Å². The molecular weight excluding hydrogens is 337 g/mol. The Balaban J connectivity index is 3.33. The average Bonchev–Trinajstić information content (AvgIpc) is 2.45. The minimum Gasteiger partial charge on any atom is -0.392 e. The Hall–Kier alpha value is -0.340. The van der Waals surface area contributed by atoms with Crippen molar-refractivity contribution in [2.75, 3.05) is 19.1 Å². The molecule has 1 aromatic rings. The average molecular weight is 356 g/mol. The fourth-order valence-electron chi connectivity index (χ4n) is 1.94. The molecular formula is C13H19ClFNO3S2. The molecule has 0 aromatic heterocycles. The highest BCUT2D eigenvalue weighted by Crippen LogP contribution is 2.27. The van der Waals surface area contributed by atoms with Crippen molar-refractivity contribution in [2.45, 2.75) is 30.9 Å². The van der Waals surface area contributed by atoms with E-state index < -0.39 is 27.3 Å². The Kier molecular flexibility index (Phi) is 6.93. The second-order valence-corrected chi connectivity index (χ2v) is 7.89. The Morgan fingerprint density at radius 1 is 1.48 bits per heavy atom. The summed E-state index contributed by atoms with van der Waals surface area (Å²) in [4.78, 5) is -0.499. The second kappa shape index (κ2) is 7.78. The molecule has 21 heavy (non-hydrogen) atoms. The minimum atomic E-state index is -4.01. The van der Waals surface area contributed by atoms with Crippen LogP contribution in [-0.4, -0.2) is 42.9 Å². The molecule has 4 nitrogen and oxygen atoms in total. The lowest BCUT2D eigenvalue weighted by Gasteiger charge is -2.26. The number of nitrogens with zero attached hydrogens (tertiary/aromatic N) is 1. The molecule has 1 N–H and O–H groups in total. The van der Waals surface area contributed by atoms with Crippen LogP contribution >= 0.6 is 23.4 Å². The highest BCUT2D eigenvalue weighted by atomic mass is 35.5. The van der Waals surface area contributed by atoms with Crippen molar-refractivity contribution in [1.29, 1.82) is 0 Å². The molecule has 0 radical (unpaired) electrons. The van der Waals surface area contributed by atoms with Gasteiger partial charge in [-0.3, -0.25) is 0 Å². The predicted molar refractivity (Wildman–Crippen MR) is 84.7 cm³/mol. The molecule has 8 heteroatoms. The number of rotatable bonds is 7. The summed E-state index contributed by atoms with van der Waals surface area (Å²) in [5, 5.41) is 9.18. The van der Waals surface area contributed by atoms with Crippen LogP contribution in [0.25, 0.3) is 0 Å². The zero-order valence-electron chi connectivity index (χ0n) is 12.1. The number of aliphatic hydroxyl groups excluding tert-OH is 1. The SMILES string of the molecule is CCC(CSC)N(C)S(=O)(=O)c1cc(Cl)cc(CO)c1F. The molecule has 1 atom stereocenters. The first kappa shape index (κ1) is 18.7. The number of hydrogen-bond acceptors (Lipinski definition) is 4. The molecule has 0 fully saturated rings. The van der Waals surface area contributed by atoms with Gasteiger partial charge in [-0.25, -0.2) is 12.8 Å². The third-order valence-corrected chi connectivity index (χ3v) is 6.10. The first-order valence-corrected chi connectivity index (χ1v) is 9.56. The van der Waals surface area contributed by atoms with Crippen molar-refractivity contribution < 1.29 is 17.9 Å². The van der Waals surface area contributed by atoms with E-state index in [9.17, 15) is 12.8 Å². The van der Waals surface area contributed by atoms with E-state index in [4.69, 9.17) is 16.7 Å². The van der Waals surface area contributed by atoms with Gasteiger partial charge in [0.2, 0.25) is 10.0 Å². The van der Waals surface area contributed by atoms with Gasteiger partial charge in [0.1, 0.15) is 10.7 Å². The smallest absolute Gasteiger partial charge is 0.246 e. The third-order valence-electron chi connectivity index (χ3n) is 3.25. The van der Waals surface area contributed by atoms with Crippen molar-refractivity contribution in [2.24, 2.45) is 0 Å². The largest absolute Gasteiger partial charge is 0.392 e. The van der Waals surface area contributed by atoms with Crippen molar-refractivity contribution >= 4 is 33.4 Å². The minimum absolute atomic E-state index is 0.0744. The summed E-state index contributed by atoms with van der Waals surface area (Å²) in [7, 11) is -2.58. The molecule has 1 unspecified atom stereocenters. The molecule has 0 aliphatic carbocycles. The van der Waals surface area contributed by atoms with Gasteiger partial charge in [-0.1, -0.05) is 18.5 Å². The predicted octanol–water partition coefficient (Wildman–Crippen LogP) is 2.73. The summed E-state index contributed by atoms with van der Waals surface area (Å²) in [6, 6.07) is 2.06. The van der Waals surface area contributed by atoms with Crippen LogP contribution in [0.3, 0.4) is 0 Å². The van der Waals surface area contributed by atoms with Gasteiger partial charge in [-0.2, -0.15) is 16.1 Å². The Morgan fingerprint density at radius 2 is 2.10 bits per heavy atom. The Labute approximate surface area is 134 Å². The van der Waals surface area contributed by atoms with E-state index in [0.717, 1.165) is 6.07 Å². The van der Waals surface area contributed by atoms with E-state index in [1.54, 1.807) is 0 Å². The fraction of sp³-hybridized carbons (Fsp3) is 0.538. The Morgan fingerprint density at radius 3 is 2.57 bits per heavy atom. The van der Waals surface area contributed by atoms with E-state index in [2.05, 4.69) is 0 Å². The second-order valence-electron chi connectivity index (χ2n) is 4.57. The summed E-state index contributed by atoms with van der Waals surface area (Å²) >= 11 is 7.34. The summed E-state index contributed by atoms with van der Waals surface area (Å²) < 4.78 is 40.6.